The second kappa shape index (κ2) is 8.46. The van der Waals surface area contributed by atoms with Crippen molar-refractivity contribution in [3.63, 3.8) is 0 Å². The first-order valence-corrected chi connectivity index (χ1v) is 9.97. The maximum atomic E-state index is 13.6. The molecule has 154 valence electrons. The Bertz CT molecular complexity index is 1210. The Hall–Kier alpha value is -3.53. The largest absolute Gasteiger partial charge is 0.495 e. The molecule has 0 radical (unpaired) electrons. The molecule has 0 atom stereocenters. The third kappa shape index (κ3) is 3.94. The predicted molar refractivity (Wildman–Crippen MR) is 111 cm³/mol. The van der Waals surface area contributed by atoms with E-state index in [2.05, 4.69) is 20.6 Å². The van der Waals surface area contributed by atoms with Crippen LogP contribution in [0.15, 0.2) is 42.5 Å². The van der Waals surface area contributed by atoms with Crippen LogP contribution < -0.4 is 14.8 Å². The average molecular weight is 427 g/mol. The lowest BCUT2D eigenvalue weighted by molar-refractivity contribution is -0.118. The minimum atomic E-state index is -0.528. The zero-order valence-electron chi connectivity index (χ0n) is 16.3. The number of carbonyl (C=O) groups is 1. The van der Waals surface area contributed by atoms with Crippen molar-refractivity contribution in [3.05, 3.63) is 54.1 Å². The van der Waals surface area contributed by atoms with Gasteiger partial charge < -0.3 is 14.8 Å². The van der Waals surface area contributed by atoms with Gasteiger partial charge in [0.25, 0.3) is 5.91 Å². The van der Waals surface area contributed by atoms with Crippen molar-refractivity contribution >= 4 is 27.9 Å². The highest BCUT2D eigenvalue weighted by molar-refractivity contribution is 7.19. The molecule has 0 saturated heterocycles. The van der Waals surface area contributed by atoms with Crippen LogP contribution in [0.25, 0.3) is 15.5 Å². The van der Waals surface area contributed by atoms with E-state index >= 15 is 0 Å². The van der Waals surface area contributed by atoms with Crippen molar-refractivity contribution in [2.45, 2.75) is 13.3 Å². The first kappa shape index (κ1) is 19.8. The second-order valence-electron chi connectivity index (χ2n) is 6.25. The zero-order valence-corrected chi connectivity index (χ0v) is 17.1. The minimum absolute atomic E-state index is 0.0137. The van der Waals surface area contributed by atoms with E-state index in [-0.39, 0.29) is 12.4 Å². The number of aromatic nitrogens is 4. The molecule has 0 bridgehead atoms. The lowest BCUT2D eigenvalue weighted by Crippen LogP contribution is -2.20. The number of fused-ring (bicyclic) bond motifs is 1. The van der Waals surface area contributed by atoms with Crippen LogP contribution in [0.1, 0.15) is 12.7 Å². The van der Waals surface area contributed by atoms with Gasteiger partial charge in [-0.1, -0.05) is 30.4 Å². The number of nitrogens with zero attached hydrogens (tertiary/aromatic N) is 4. The summed E-state index contributed by atoms with van der Waals surface area (Å²) in [6.45, 7) is 1.64. The fourth-order valence-electron chi connectivity index (χ4n) is 2.82. The monoisotopic (exact) mass is 427 g/mol. The maximum Gasteiger partial charge on any atom is 0.262 e. The van der Waals surface area contributed by atoms with Gasteiger partial charge in [-0.2, -0.15) is 9.61 Å². The highest BCUT2D eigenvalue weighted by Gasteiger charge is 2.15. The fraction of sp³-hybridized carbons (Fsp3) is 0.200. The summed E-state index contributed by atoms with van der Waals surface area (Å²) in [5, 5.41) is 16.3. The average Bonchev–Trinajstić information content (AvgIpc) is 3.34. The van der Waals surface area contributed by atoms with E-state index in [0.29, 0.717) is 16.4 Å². The van der Waals surface area contributed by atoms with Crippen LogP contribution in [0.5, 0.6) is 11.5 Å². The molecule has 1 amide bonds. The summed E-state index contributed by atoms with van der Waals surface area (Å²) in [4.78, 5) is 13.0. The summed E-state index contributed by atoms with van der Waals surface area (Å²) in [7, 11) is 1.51. The Balaban J connectivity index is 1.54. The van der Waals surface area contributed by atoms with Crippen molar-refractivity contribution in [2.24, 2.45) is 0 Å². The molecular weight excluding hydrogens is 409 g/mol. The van der Waals surface area contributed by atoms with Gasteiger partial charge in [0.1, 0.15) is 10.8 Å². The van der Waals surface area contributed by atoms with Gasteiger partial charge in [-0.3, -0.25) is 4.79 Å². The molecule has 2 aromatic heterocycles. The first-order chi connectivity index (χ1) is 14.6. The van der Waals surface area contributed by atoms with E-state index in [1.807, 2.05) is 13.0 Å². The fourth-order valence-corrected chi connectivity index (χ4v) is 3.68. The lowest BCUT2D eigenvalue weighted by atomic mass is 10.2. The Labute approximate surface area is 175 Å². The number of halogens is 1. The summed E-state index contributed by atoms with van der Waals surface area (Å²) in [6.07, 6.45) is 0.719. The third-order valence-corrected chi connectivity index (χ3v) is 5.24. The summed E-state index contributed by atoms with van der Waals surface area (Å²) in [5.74, 6) is 0.301. The molecule has 0 aliphatic carbocycles. The maximum absolute atomic E-state index is 13.6. The first-order valence-electron chi connectivity index (χ1n) is 9.15. The van der Waals surface area contributed by atoms with Gasteiger partial charge in [0.05, 0.1) is 12.8 Å². The molecule has 2 aromatic carbocycles. The number of hydrogen-bond donors (Lipinski definition) is 1. The van der Waals surface area contributed by atoms with E-state index in [1.165, 1.54) is 30.6 Å². The van der Waals surface area contributed by atoms with Crippen LogP contribution >= 0.6 is 11.3 Å². The lowest BCUT2D eigenvalue weighted by Gasteiger charge is -2.12. The number of benzene rings is 2. The predicted octanol–water partition coefficient (Wildman–Crippen LogP) is 3.58. The van der Waals surface area contributed by atoms with E-state index in [0.717, 1.165) is 22.8 Å². The van der Waals surface area contributed by atoms with E-state index in [1.54, 1.807) is 28.8 Å². The quantitative estimate of drug-likeness (QED) is 0.485. The standard InChI is InChI=1S/C20H18FN5O3S/c1-3-17-23-24-20-26(17)25-19(30-20)12-8-9-16(28-2)14(10-12)22-18(27)11-29-15-7-5-4-6-13(15)21/h4-10H,3,11H2,1-2H3,(H,22,27). The minimum Gasteiger partial charge on any atom is -0.495 e. The highest BCUT2D eigenvalue weighted by Crippen LogP contribution is 2.33. The molecule has 2 heterocycles. The number of methoxy groups -OCH3 is 1. The van der Waals surface area contributed by atoms with Crippen molar-refractivity contribution in [1.29, 1.82) is 0 Å². The zero-order chi connectivity index (χ0) is 21.1. The molecule has 4 aromatic rings. The molecule has 0 unspecified atom stereocenters. The number of anilines is 1. The SMILES string of the molecule is CCc1nnc2sc(-c3ccc(OC)c(NC(=O)COc4ccccc4F)c3)nn12. The molecule has 1 N–H and O–H groups in total. The molecule has 0 saturated carbocycles. The number of nitrogens with one attached hydrogen (secondary N) is 1. The number of ether oxygens (including phenoxy) is 2. The molecule has 4 rings (SSSR count). The Morgan fingerprint density at radius 3 is 2.80 bits per heavy atom. The number of para-hydroxylation sites is 1. The van der Waals surface area contributed by atoms with Gasteiger partial charge in [0, 0.05) is 12.0 Å². The van der Waals surface area contributed by atoms with Crippen molar-refractivity contribution in [3.8, 4) is 22.1 Å². The summed E-state index contributed by atoms with van der Waals surface area (Å²) >= 11 is 1.40. The van der Waals surface area contributed by atoms with Crippen LogP contribution in [0.2, 0.25) is 0 Å². The smallest absolute Gasteiger partial charge is 0.262 e. The van der Waals surface area contributed by atoms with Crippen LogP contribution in [-0.4, -0.2) is 39.4 Å². The van der Waals surface area contributed by atoms with Crippen molar-refractivity contribution < 1.29 is 18.7 Å². The molecule has 30 heavy (non-hydrogen) atoms. The third-order valence-electron chi connectivity index (χ3n) is 4.29. The van der Waals surface area contributed by atoms with Crippen molar-refractivity contribution in [2.75, 3.05) is 19.0 Å². The summed E-state index contributed by atoms with van der Waals surface area (Å²) < 4.78 is 26.0. The van der Waals surface area contributed by atoms with Crippen LogP contribution in [0.4, 0.5) is 10.1 Å². The van der Waals surface area contributed by atoms with Crippen LogP contribution in [0.3, 0.4) is 0 Å². The molecule has 8 nitrogen and oxygen atoms in total. The van der Waals surface area contributed by atoms with Crippen LogP contribution in [-0.2, 0) is 11.2 Å². The van der Waals surface area contributed by atoms with Crippen molar-refractivity contribution in [1.82, 2.24) is 19.8 Å². The van der Waals surface area contributed by atoms with Gasteiger partial charge in [0.2, 0.25) is 4.96 Å². The Morgan fingerprint density at radius 1 is 1.20 bits per heavy atom. The number of hydrogen-bond acceptors (Lipinski definition) is 7. The summed E-state index contributed by atoms with van der Waals surface area (Å²) in [6, 6.07) is 11.3. The molecular formula is C20H18FN5O3S. The van der Waals surface area contributed by atoms with Gasteiger partial charge in [-0.25, -0.2) is 4.39 Å². The highest BCUT2D eigenvalue weighted by atomic mass is 32.1. The Kier molecular flexibility index (Phi) is 5.57. The van der Waals surface area contributed by atoms with E-state index in [9.17, 15) is 9.18 Å². The van der Waals surface area contributed by atoms with Gasteiger partial charge >= 0.3 is 0 Å². The number of aryl methyl sites for hydroxylation is 1. The number of carbonyl (C=O) groups excluding carboxylic acids is 1. The topological polar surface area (TPSA) is 90.6 Å². The molecule has 0 aliphatic rings. The van der Waals surface area contributed by atoms with Gasteiger partial charge in [-0.15, -0.1) is 10.2 Å². The second-order valence-corrected chi connectivity index (χ2v) is 7.21. The molecule has 0 aliphatic heterocycles. The van der Waals surface area contributed by atoms with Gasteiger partial charge in [0.15, 0.2) is 24.0 Å². The van der Waals surface area contributed by atoms with E-state index < -0.39 is 11.7 Å². The molecule has 10 heteroatoms. The Morgan fingerprint density at radius 2 is 2.03 bits per heavy atom. The van der Waals surface area contributed by atoms with E-state index in [4.69, 9.17) is 9.47 Å². The molecule has 0 fully saturated rings. The van der Waals surface area contributed by atoms with Gasteiger partial charge in [-0.05, 0) is 30.3 Å². The van der Waals surface area contributed by atoms with Crippen LogP contribution in [0, 0.1) is 5.82 Å². The number of amides is 1. The number of rotatable bonds is 7. The molecule has 0 spiro atoms. The normalized spacial score (nSPS) is 10.9. The summed E-state index contributed by atoms with van der Waals surface area (Å²) in [5.41, 5.74) is 1.25.